The van der Waals surface area contributed by atoms with Crippen LogP contribution >= 0.6 is 22.9 Å². The molecule has 0 saturated carbocycles. The number of halogens is 1. The second-order valence-electron chi connectivity index (χ2n) is 7.39. The van der Waals surface area contributed by atoms with E-state index in [1.807, 2.05) is 36.4 Å². The van der Waals surface area contributed by atoms with Gasteiger partial charge in [0.05, 0.1) is 22.4 Å². The molecular formula is C24H20ClN3O4S. The molecular weight excluding hydrogens is 462 g/mol. The van der Waals surface area contributed by atoms with E-state index in [0.29, 0.717) is 41.3 Å². The Hall–Kier alpha value is -3.36. The first-order valence-corrected chi connectivity index (χ1v) is 11.6. The number of anilines is 1. The van der Waals surface area contributed by atoms with Crippen molar-refractivity contribution < 1.29 is 19.0 Å². The molecule has 1 aliphatic rings. The number of esters is 1. The van der Waals surface area contributed by atoms with Crippen LogP contribution in [0.3, 0.4) is 0 Å². The molecule has 0 saturated heterocycles. The predicted molar refractivity (Wildman–Crippen MR) is 129 cm³/mol. The van der Waals surface area contributed by atoms with E-state index in [0.717, 1.165) is 39.3 Å². The fraction of sp³-hybridized carbons (Fsp3) is 0.208. The normalized spacial score (nSPS) is 12.5. The number of rotatable bonds is 6. The van der Waals surface area contributed by atoms with Crippen molar-refractivity contribution in [1.29, 1.82) is 0 Å². The number of hydrogen-bond acceptors (Lipinski definition) is 8. The molecule has 0 amide bonds. The molecule has 9 heteroatoms. The van der Waals surface area contributed by atoms with Gasteiger partial charge in [0, 0.05) is 12.1 Å². The molecule has 0 spiro atoms. The van der Waals surface area contributed by atoms with Gasteiger partial charge in [-0.05, 0) is 42.3 Å². The number of carbonyl (C=O) groups excluding carboxylic acids is 1. The van der Waals surface area contributed by atoms with Crippen LogP contribution < -0.4 is 14.8 Å². The Kier molecular flexibility index (Phi) is 6.02. The van der Waals surface area contributed by atoms with Crippen LogP contribution in [0.2, 0.25) is 4.34 Å². The van der Waals surface area contributed by atoms with Gasteiger partial charge in [-0.1, -0.05) is 29.8 Å². The highest BCUT2D eigenvalue weighted by Gasteiger charge is 2.15. The average Bonchev–Trinajstić information content (AvgIpc) is 3.24. The smallest absolute Gasteiger partial charge is 0.337 e. The Morgan fingerprint density at radius 1 is 1.09 bits per heavy atom. The van der Waals surface area contributed by atoms with E-state index in [9.17, 15) is 4.79 Å². The quantitative estimate of drug-likeness (QED) is 0.378. The Morgan fingerprint density at radius 3 is 2.67 bits per heavy atom. The van der Waals surface area contributed by atoms with Gasteiger partial charge in [0.25, 0.3) is 0 Å². The maximum atomic E-state index is 11.7. The molecule has 0 unspecified atom stereocenters. The lowest BCUT2D eigenvalue weighted by atomic mass is 10.1. The van der Waals surface area contributed by atoms with Crippen molar-refractivity contribution in [2.45, 2.75) is 6.42 Å². The molecule has 1 N–H and O–H groups in total. The van der Waals surface area contributed by atoms with Crippen LogP contribution in [0.5, 0.6) is 11.5 Å². The molecule has 7 nitrogen and oxygen atoms in total. The Labute approximate surface area is 199 Å². The third-order valence-electron chi connectivity index (χ3n) is 5.24. The molecule has 33 heavy (non-hydrogen) atoms. The molecule has 0 bridgehead atoms. The summed E-state index contributed by atoms with van der Waals surface area (Å²) in [5.74, 6) is 2.45. The molecule has 4 aromatic rings. The number of nitrogens with zero attached hydrogens (tertiary/aromatic N) is 2. The van der Waals surface area contributed by atoms with Gasteiger partial charge in [-0.3, -0.25) is 0 Å². The van der Waals surface area contributed by atoms with E-state index in [2.05, 4.69) is 10.3 Å². The van der Waals surface area contributed by atoms with E-state index in [4.69, 9.17) is 30.8 Å². The zero-order chi connectivity index (χ0) is 22.8. The zero-order valence-corrected chi connectivity index (χ0v) is 19.3. The number of ether oxygens (including phenoxy) is 3. The molecule has 2 aromatic carbocycles. The summed E-state index contributed by atoms with van der Waals surface area (Å²) in [5, 5.41) is 4.31. The van der Waals surface area contributed by atoms with Crippen LogP contribution in [-0.2, 0) is 11.2 Å². The predicted octanol–water partition coefficient (Wildman–Crippen LogP) is 5.22. The van der Waals surface area contributed by atoms with Gasteiger partial charge in [0.15, 0.2) is 17.3 Å². The molecule has 168 valence electrons. The summed E-state index contributed by atoms with van der Waals surface area (Å²) in [7, 11) is 1.36. The third-order valence-corrected chi connectivity index (χ3v) is 6.40. The van der Waals surface area contributed by atoms with Gasteiger partial charge in [-0.2, -0.15) is 0 Å². The average molecular weight is 482 g/mol. The Morgan fingerprint density at radius 2 is 1.88 bits per heavy atom. The first kappa shape index (κ1) is 21.5. The van der Waals surface area contributed by atoms with Crippen molar-refractivity contribution in [3.05, 3.63) is 64.0 Å². The number of fused-ring (bicyclic) bond motifs is 2. The van der Waals surface area contributed by atoms with Gasteiger partial charge in [0.1, 0.15) is 23.9 Å². The van der Waals surface area contributed by atoms with Crippen LogP contribution in [0.15, 0.2) is 48.5 Å². The fourth-order valence-electron chi connectivity index (χ4n) is 3.60. The Bertz CT molecular complexity index is 1320. The topological polar surface area (TPSA) is 82.6 Å². The van der Waals surface area contributed by atoms with Crippen molar-refractivity contribution in [3.8, 4) is 22.9 Å². The summed E-state index contributed by atoms with van der Waals surface area (Å²) < 4.78 is 16.7. The van der Waals surface area contributed by atoms with Crippen LogP contribution in [-0.4, -0.2) is 42.8 Å². The van der Waals surface area contributed by atoms with Gasteiger partial charge in [-0.15, -0.1) is 11.3 Å². The van der Waals surface area contributed by atoms with Crippen molar-refractivity contribution in [3.63, 3.8) is 0 Å². The minimum Gasteiger partial charge on any atom is -0.486 e. The fourth-order valence-corrected chi connectivity index (χ4v) is 4.69. The maximum absolute atomic E-state index is 11.7. The minimum absolute atomic E-state index is 0.385. The van der Waals surface area contributed by atoms with Crippen LogP contribution in [0.1, 0.15) is 15.9 Å². The molecule has 0 atom stereocenters. The molecule has 0 aliphatic carbocycles. The lowest BCUT2D eigenvalue weighted by Gasteiger charge is -2.19. The highest BCUT2D eigenvalue weighted by Crippen LogP contribution is 2.34. The molecule has 3 heterocycles. The van der Waals surface area contributed by atoms with Crippen LogP contribution in [0, 0.1) is 0 Å². The number of carbonyl (C=O) groups is 1. The summed E-state index contributed by atoms with van der Waals surface area (Å²) in [6.07, 6.45) is 0.781. The summed E-state index contributed by atoms with van der Waals surface area (Å²) in [5.41, 5.74) is 2.40. The van der Waals surface area contributed by atoms with E-state index in [1.54, 1.807) is 12.1 Å². The van der Waals surface area contributed by atoms with Gasteiger partial charge in [0.2, 0.25) is 0 Å². The molecule has 2 aromatic heterocycles. The first-order chi connectivity index (χ1) is 16.1. The van der Waals surface area contributed by atoms with E-state index >= 15 is 0 Å². The van der Waals surface area contributed by atoms with Crippen molar-refractivity contribution in [2.75, 3.05) is 32.2 Å². The molecule has 0 fully saturated rings. The highest BCUT2D eigenvalue weighted by atomic mass is 35.5. The SMILES string of the molecule is COC(=O)c1ccc(-c2nc(NCCc3ccc4c(c3)OCCO4)c3cc(Cl)sc3n2)cc1. The van der Waals surface area contributed by atoms with Gasteiger partial charge in [-0.25, -0.2) is 14.8 Å². The van der Waals surface area contributed by atoms with Crippen molar-refractivity contribution in [1.82, 2.24) is 9.97 Å². The third kappa shape index (κ3) is 4.58. The summed E-state index contributed by atoms with van der Waals surface area (Å²) in [6, 6.07) is 14.9. The summed E-state index contributed by atoms with van der Waals surface area (Å²) >= 11 is 7.67. The Balaban J connectivity index is 1.37. The minimum atomic E-state index is -0.385. The second kappa shape index (κ2) is 9.25. The number of thiophene rings is 1. The standard InChI is InChI=1S/C24H20ClN3O4S/c1-30-24(29)16-5-3-15(4-6-16)21-27-22(17-13-20(25)33-23(17)28-21)26-9-8-14-2-7-18-19(12-14)32-11-10-31-18/h2-7,12-13H,8-11H2,1H3,(H,26,27,28). The summed E-state index contributed by atoms with van der Waals surface area (Å²) in [4.78, 5) is 21.9. The lowest BCUT2D eigenvalue weighted by Crippen LogP contribution is -2.15. The largest absolute Gasteiger partial charge is 0.486 e. The number of benzene rings is 2. The molecule has 5 rings (SSSR count). The van der Waals surface area contributed by atoms with Gasteiger partial charge < -0.3 is 19.5 Å². The van der Waals surface area contributed by atoms with Crippen LogP contribution in [0.25, 0.3) is 21.6 Å². The molecule has 0 radical (unpaired) electrons. The van der Waals surface area contributed by atoms with Crippen molar-refractivity contribution >= 4 is 44.9 Å². The van der Waals surface area contributed by atoms with E-state index in [-0.39, 0.29) is 5.97 Å². The van der Waals surface area contributed by atoms with Gasteiger partial charge >= 0.3 is 5.97 Å². The van der Waals surface area contributed by atoms with Crippen LogP contribution in [0.4, 0.5) is 5.82 Å². The van der Waals surface area contributed by atoms with E-state index in [1.165, 1.54) is 18.4 Å². The lowest BCUT2D eigenvalue weighted by molar-refractivity contribution is 0.0600. The highest BCUT2D eigenvalue weighted by molar-refractivity contribution is 7.22. The molecule has 1 aliphatic heterocycles. The zero-order valence-electron chi connectivity index (χ0n) is 17.8. The second-order valence-corrected chi connectivity index (χ2v) is 9.05. The van der Waals surface area contributed by atoms with E-state index < -0.39 is 0 Å². The number of nitrogens with one attached hydrogen (secondary N) is 1. The monoisotopic (exact) mass is 481 g/mol. The number of aromatic nitrogens is 2. The number of hydrogen-bond donors (Lipinski definition) is 1. The maximum Gasteiger partial charge on any atom is 0.337 e. The number of methoxy groups -OCH3 is 1. The summed E-state index contributed by atoms with van der Waals surface area (Å²) in [6.45, 7) is 1.81. The first-order valence-electron chi connectivity index (χ1n) is 10.4. The van der Waals surface area contributed by atoms with Crippen molar-refractivity contribution in [2.24, 2.45) is 0 Å².